The Morgan fingerprint density at radius 3 is 2.60 bits per heavy atom. The minimum absolute atomic E-state index is 0.0159. The first kappa shape index (κ1) is 14.7. The summed E-state index contributed by atoms with van der Waals surface area (Å²) in [6.45, 7) is 2.29. The van der Waals surface area contributed by atoms with Crippen LogP contribution >= 0.6 is 0 Å². The highest BCUT2D eigenvalue weighted by Gasteiger charge is 2.55. The van der Waals surface area contributed by atoms with Gasteiger partial charge in [-0.2, -0.15) is 0 Å². The van der Waals surface area contributed by atoms with E-state index in [-0.39, 0.29) is 18.7 Å². The average molecular weight is 277 g/mol. The van der Waals surface area contributed by atoms with E-state index in [1.807, 2.05) is 37.3 Å². The van der Waals surface area contributed by atoms with E-state index in [0.717, 1.165) is 12.0 Å². The Labute approximate surface area is 118 Å². The monoisotopic (exact) mass is 277 g/mol. The van der Waals surface area contributed by atoms with Crippen molar-refractivity contribution in [3.05, 3.63) is 35.9 Å². The minimum atomic E-state index is -1.69. The van der Waals surface area contributed by atoms with Gasteiger partial charge in [-0.05, 0) is 18.4 Å². The topological polar surface area (TPSA) is 66.8 Å². The molecule has 1 saturated heterocycles. The minimum Gasteiger partial charge on any atom is -0.328 e. The van der Waals surface area contributed by atoms with Crippen molar-refractivity contribution in [2.24, 2.45) is 0 Å². The van der Waals surface area contributed by atoms with E-state index in [9.17, 15) is 9.59 Å². The lowest BCUT2D eigenvalue weighted by Gasteiger charge is -2.22. The Morgan fingerprint density at radius 1 is 1.30 bits per heavy atom. The van der Waals surface area contributed by atoms with Crippen molar-refractivity contribution < 1.29 is 19.7 Å². The van der Waals surface area contributed by atoms with Crippen molar-refractivity contribution >= 4 is 11.7 Å². The molecule has 0 aromatic heterocycles. The van der Waals surface area contributed by atoms with Crippen molar-refractivity contribution in [2.45, 2.75) is 38.3 Å². The maximum absolute atomic E-state index is 12.4. The zero-order valence-electron chi connectivity index (χ0n) is 11.5. The molecule has 1 fully saturated rings. The van der Waals surface area contributed by atoms with Gasteiger partial charge in [0.1, 0.15) is 0 Å². The highest BCUT2D eigenvalue weighted by atomic mass is 17.1. The molecule has 5 heteroatoms. The molecule has 1 aromatic carbocycles. The molecule has 0 radical (unpaired) electrons. The first-order valence-corrected chi connectivity index (χ1v) is 6.83. The summed E-state index contributed by atoms with van der Waals surface area (Å²) in [6.07, 6.45) is 1.70. The van der Waals surface area contributed by atoms with E-state index in [0.29, 0.717) is 13.0 Å². The van der Waals surface area contributed by atoms with Crippen LogP contribution in [0.2, 0.25) is 0 Å². The molecular weight excluding hydrogens is 258 g/mol. The smallest absolute Gasteiger partial charge is 0.266 e. The molecule has 5 nitrogen and oxygen atoms in total. The van der Waals surface area contributed by atoms with E-state index >= 15 is 0 Å². The van der Waals surface area contributed by atoms with Crippen LogP contribution in [-0.4, -0.2) is 34.0 Å². The van der Waals surface area contributed by atoms with Gasteiger partial charge in [-0.1, -0.05) is 43.7 Å². The summed E-state index contributed by atoms with van der Waals surface area (Å²) in [5.74, 6) is -0.809. The first-order chi connectivity index (χ1) is 9.64. The Bertz CT molecular complexity index is 488. The van der Waals surface area contributed by atoms with Gasteiger partial charge >= 0.3 is 0 Å². The Morgan fingerprint density at radius 2 is 2.00 bits per heavy atom. The number of unbranched alkanes of at least 4 members (excludes halogenated alkanes) is 1. The summed E-state index contributed by atoms with van der Waals surface area (Å²) < 4.78 is 0. The fraction of sp³-hybridized carbons (Fsp3) is 0.467. The van der Waals surface area contributed by atoms with Crippen LogP contribution in [0.1, 0.15) is 31.7 Å². The summed E-state index contributed by atoms with van der Waals surface area (Å²) in [5, 5.41) is 9.10. The lowest BCUT2D eigenvalue weighted by atomic mass is 9.94. The van der Waals surface area contributed by atoms with Gasteiger partial charge in [-0.3, -0.25) is 14.8 Å². The van der Waals surface area contributed by atoms with Gasteiger partial charge in [0, 0.05) is 6.54 Å². The van der Waals surface area contributed by atoms with Crippen LogP contribution < -0.4 is 0 Å². The fourth-order valence-corrected chi connectivity index (χ4v) is 2.49. The molecule has 1 unspecified atom stereocenters. The fourth-order valence-electron chi connectivity index (χ4n) is 2.49. The molecule has 0 aliphatic carbocycles. The average Bonchev–Trinajstić information content (AvgIpc) is 2.70. The molecule has 20 heavy (non-hydrogen) atoms. The summed E-state index contributed by atoms with van der Waals surface area (Å²) in [6, 6.07) is 9.44. The van der Waals surface area contributed by atoms with Crippen LogP contribution in [-0.2, 0) is 21.0 Å². The first-order valence-electron chi connectivity index (χ1n) is 6.83. The Balaban J connectivity index is 2.15. The van der Waals surface area contributed by atoms with Gasteiger partial charge in [0.15, 0.2) is 5.78 Å². The zero-order valence-corrected chi connectivity index (χ0v) is 11.5. The summed E-state index contributed by atoms with van der Waals surface area (Å²) >= 11 is 0. The van der Waals surface area contributed by atoms with Crippen LogP contribution in [0.15, 0.2) is 30.3 Å². The van der Waals surface area contributed by atoms with E-state index < -0.39 is 11.5 Å². The van der Waals surface area contributed by atoms with Gasteiger partial charge in [0.25, 0.3) is 5.91 Å². The third-order valence-corrected chi connectivity index (χ3v) is 3.67. The molecular formula is C15H19NO4. The predicted molar refractivity (Wildman–Crippen MR) is 72.8 cm³/mol. The van der Waals surface area contributed by atoms with Crippen molar-refractivity contribution in [3.8, 4) is 0 Å². The van der Waals surface area contributed by atoms with Crippen molar-refractivity contribution in [3.63, 3.8) is 0 Å². The maximum atomic E-state index is 12.4. The van der Waals surface area contributed by atoms with Crippen LogP contribution in [0.4, 0.5) is 0 Å². The molecule has 1 N–H and O–H groups in total. The van der Waals surface area contributed by atoms with Gasteiger partial charge in [-0.15, -0.1) is 0 Å². The van der Waals surface area contributed by atoms with Gasteiger partial charge in [0.05, 0.1) is 6.54 Å². The van der Waals surface area contributed by atoms with Crippen molar-refractivity contribution in [1.29, 1.82) is 0 Å². The molecule has 0 bridgehead atoms. The third-order valence-electron chi connectivity index (χ3n) is 3.67. The lowest BCUT2D eigenvalue weighted by molar-refractivity contribution is -0.301. The number of carbonyl (C=O) groups is 2. The van der Waals surface area contributed by atoms with Crippen molar-refractivity contribution in [1.82, 2.24) is 4.90 Å². The predicted octanol–water partition coefficient (Wildman–Crippen LogP) is 2.02. The molecule has 1 amide bonds. The van der Waals surface area contributed by atoms with Gasteiger partial charge in [0.2, 0.25) is 5.60 Å². The number of hydrogen-bond acceptors (Lipinski definition) is 4. The molecule has 0 spiro atoms. The number of benzene rings is 1. The third kappa shape index (κ3) is 2.59. The standard InChI is InChI=1S/C15H19NO4/c1-2-3-9-15(20-19)13(17)11-16(14(15)18)10-12-7-5-4-6-8-12/h4-8,19H,2-3,9-11H2,1H3. The second-order valence-corrected chi connectivity index (χ2v) is 5.09. The van der Waals surface area contributed by atoms with E-state index in [4.69, 9.17) is 5.26 Å². The molecule has 1 heterocycles. The van der Waals surface area contributed by atoms with E-state index in [2.05, 4.69) is 4.89 Å². The van der Waals surface area contributed by atoms with Crippen LogP contribution in [0.25, 0.3) is 0 Å². The van der Waals surface area contributed by atoms with Gasteiger partial charge in [-0.25, -0.2) is 4.89 Å². The number of hydrogen-bond donors (Lipinski definition) is 1. The van der Waals surface area contributed by atoms with E-state index in [1.165, 1.54) is 4.90 Å². The zero-order chi connectivity index (χ0) is 14.6. The summed E-state index contributed by atoms with van der Waals surface area (Å²) in [5.41, 5.74) is -0.747. The number of likely N-dealkylation sites (tertiary alicyclic amines) is 1. The molecule has 2 rings (SSSR count). The van der Waals surface area contributed by atoms with Crippen molar-refractivity contribution in [2.75, 3.05) is 6.54 Å². The number of carbonyl (C=O) groups excluding carboxylic acids is 2. The normalized spacial score (nSPS) is 22.6. The van der Waals surface area contributed by atoms with Crippen LogP contribution in [0.3, 0.4) is 0 Å². The van der Waals surface area contributed by atoms with Gasteiger partial charge < -0.3 is 4.90 Å². The summed E-state index contributed by atoms with van der Waals surface area (Å²) in [7, 11) is 0. The van der Waals surface area contributed by atoms with Crippen LogP contribution in [0.5, 0.6) is 0 Å². The number of Topliss-reactive ketones (excluding diaryl/α,β-unsaturated/α-hetero) is 1. The number of rotatable bonds is 6. The number of ketones is 1. The Hall–Kier alpha value is -1.72. The molecule has 108 valence electrons. The summed E-state index contributed by atoms with van der Waals surface area (Å²) in [4.78, 5) is 30.3. The molecule has 1 aromatic rings. The quantitative estimate of drug-likeness (QED) is 0.491. The largest absolute Gasteiger partial charge is 0.328 e. The number of amides is 1. The maximum Gasteiger partial charge on any atom is 0.266 e. The van der Waals surface area contributed by atoms with E-state index in [1.54, 1.807) is 0 Å². The Kier molecular flexibility index (Phi) is 4.52. The number of nitrogens with zero attached hydrogens (tertiary/aromatic N) is 1. The highest BCUT2D eigenvalue weighted by Crippen LogP contribution is 2.29. The van der Waals surface area contributed by atoms with Crippen LogP contribution in [0, 0.1) is 0 Å². The SMILES string of the molecule is CCCCC1(OO)C(=O)CN(Cc2ccccc2)C1=O. The molecule has 1 aliphatic heterocycles. The molecule has 1 atom stereocenters. The second-order valence-electron chi connectivity index (χ2n) is 5.09. The second kappa shape index (κ2) is 6.15. The highest BCUT2D eigenvalue weighted by molar-refractivity contribution is 6.15. The molecule has 0 saturated carbocycles. The lowest BCUT2D eigenvalue weighted by Crippen LogP contribution is -2.45. The molecule has 1 aliphatic rings.